The topological polar surface area (TPSA) is 29.5 Å². The molecule has 1 amide bonds. The van der Waals surface area contributed by atoms with Crippen molar-refractivity contribution in [3.8, 4) is 5.75 Å². The number of aryl methyl sites for hydroxylation is 1. The Hall–Kier alpha value is -2.86. The lowest BCUT2D eigenvalue weighted by molar-refractivity contribution is 0.0349. The fourth-order valence-electron chi connectivity index (χ4n) is 5.29. The van der Waals surface area contributed by atoms with Gasteiger partial charge in [0.15, 0.2) is 11.6 Å². The number of ether oxygens (including phenoxy) is 1. The van der Waals surface area contributed by atoms with Gasteiger partial charge in [0.1, 0.15) is 11.9 Å². The molecule has 35 heavy (non-hydrogen) atoms. The molecule has 0 radical (unpaired) electrons. The Balaban J connectivity index is 1.17. The van der Waals surface area contributed by atoms with Crippen LogP contribution in [-0.2, 0) is 11.5 Å². The normalized spacial score (nSPS) is 21.2. The second-order valence-electron chi connectivity index (χ2n) is 9.56. The summed E-state index contributed by atoms with van der Waals surface area (Å²) in [6, 6.07) is 20.1. The van der Waals surface area contributed by atoms with Gasteiger partial charge in [-0.3, -0.25) is 4.79 Å². The third-order valence-electron chi connectivity index (χ3n) is 6.93. The first kappa shape index (κ1) is 23.9. The van der Waals surface area contributed by atoms with Crippen LogP contribution in [0.5, 0.6) is 5.75 Å². The summed E-state index contributed by atoms with van der Waals surface area (Å²) in [5.74, 6) is 0.689. The van der Waals surface area contributed by atoms with Crippen molar-refractivity contribution in [3.05, 3.63) is 101 Å². The molecule has 0 spiro atoms. The van der Waals surface area contributed by atoms with E-state index in [1.807, 2.05) is 40.9 Å². The minimum Gasteiger partial charge on any atom is -0.487 e. The maximum Gasteiger partial charge on any atom is 0.254 e. The largest absolute Gasteiger partial charge is 0.487 e. The van der Waals surface area contributed by atoms with Crippen LogP contribution in [0.2, 0.25) is 0 Å². The van der Waals surface area contributed by atoms with Gasteiger partial charge in [-0.15, -0.1) is 0 Å². The van der Waals surface area contributed by atoms with Gasteiger partial charge in [0.05, 0.1) is 0 Å². The Morgan fingerprint density at radius 2 is 1.66 bits per heavy atom. The Labute approximate surface area is 209 Å². The van der Waals surface area contributed by atoms with Crippen LogP contribution < -0.4 is 4.74 Å². The number of carbonyl (C=O) groups is 1. The van der Waals surface area contributed by atoms with Gasteiger partial charge in [-0.2, -0.15) is 11.8 Å². The molecule has 5 rings (SSSR count). The van der Waals surface area contributed by atoms with Crippen molar-refractivity contribution in [1.82, 2.24) is 4.90 Å². The molecule has 2 heterocycles. The van der Waals surface area contributed by atoms with Crippen LogP contribution in [0.4, 0.5) is 8.78 Å². The van der Waals surface area contributed by atoms with Crippen molar-refractivity contribution < 1.29 is 18.3 Å². The van der Waals surface area contributed by atoms with Crippen molar-refractivity contribution in [2.45, 2.75) is 62.3 Å². The van der Waals surface area contributed by atoms with E-state index in [0.29, 0.717) is 18.4 Å². The van der Waals surface area contributed by atoms with E-state index < -0.39 is 11.6 Å². The number of nitrogens with zero attached hydrogens (tertiary/aromatic N) is 1. The van der Waals surface area contributed by atoms with Gasteiger partial charge in [0.25, 0.3) is 5.91 Å². The molecule has 3 aromatic rings. The number of thioether (sulfide) groups is 1. The monoisotopic (exact) mass is 493 g/mol. The first-order chi connectivity index (χ1) is 17.0. The van der Waals surface area contributed by atoms with Gasteiger partial charge in [0.2, 0.25) is 0 Å². The number of fused-ring (bicyclic) bond motifs is 2. The summed E-state index contributed by atoms with van der Waals surface area (Å²) in [6.07, 6.45) is 3.00. The van der Waals surface area contributed by atoms with Gasteiger partial charge in [-0.25, -0.2) is 8.78 Å². The molecule has 2 aliphatic heterocycles. The second-order valence-corrected chi connectivity index (χ2v) is 10.5. The fraction of sp³-hybridized carbons (Fsp3) is 0.345. The lowest BCUT2D eigenvalue weighted by Gasteiger charge is -2.39. The van der Waals surface area contributed by atoms with E-state index in [4.69, 9.17) is 4.74 Å². The molecule has 0 N–H and O–H groups in total. The number of hydrogen-bond donors (Lipinski definition) is 0. The average Bonchev–Trinajstić information content (AvgIpc) is 3.11. The molecule has 0 aromatic heterocycles. The predicted octanol–water partition coefficient (Wildman–Crippen LogP) is 6.92. The average molecular weight is 494 g/mol. The third-order valence-corrected chi connectivity index (χ3v) is 8.01. The predicted molar refractivity (Wildman–Crippen MR) is 136 cm³/mol. The number of hydrogen-bond acceptors (Lipinski definition) is 3. The molecule has 2 bridgehead atoms. The lowest BCUT2D eigenvalue weighted by Crippen LogP contribution is -2.49. The molecule has 3 nitrogen and oxygen atoms in total. The summed E-state index contributed by atoms with van der Waals surface area (Å²) in [6.45, 7) is 2.11. The minimum atomic E-state index is -0.687. The Kier molecular flexibility index (Phi) is 7.09. The number of rotatable bonds is 7. The Morgan fingerprint density at radius 1 is 0.943 bits per heavy atom. The van der Waals surface area contributed by atoms with Crippen LogP contribution in [0.15, 0.2) is 66.7 Å². The van der Waals surface area contributed by atoms with Crippen molar-refractivity contribution in [3.63, 3.8) is 0 Å². The summed E-state index contributed by atoms with van der Waals surface area (Å²) in [4.78, 5) is 15.3. The van der Waals surface area contributed by atoms with Gasteiger partial charge in [-0.05, 0) is 55.2 Å². The number of carbonyl (C=O) groups excluding carboxylic acids is 1. The summed E-state index contributed by atoms with van der Waals surface area (Å²) in [5.41, 5.74) is 4.51. The van der Waals surface area contributed by atoms with Crippen LogP contribution >= 0.6 is 11.8 Å². The fourth-order valence-corrected chi connectivity index (χ4v) is 6.23. The van der Waals surface area contributed by atoms with E-state index in [-0.39, 0.29) is 29.8 Å². The van der Waals surface area contributed by atoms with Gasteiger partial charge >= 0.3 is 0 Å². The zero-order valence-corrected chi connectivity index (χ0v) is 20.6. The smallest absolute Gasteiger partial charge is 0.254 e. The van der Waals surface area contributed by atoms with E-state index in [0.717, 1.165) is 30.4 Å². The van der Waals surface area contributed by atoms with E-state index in [1.54, 1.807) is 0 Å². The number of amides is 1. The van der Waals surface area contributed by atoms with Crippen LogP contribution in [0.3, 0.4) is 0 Å². The van der Waals surface area contributed by atoms with Crippen LogP contribution in [0.1, 0.15) is 52.7 Å². The highest BCUT2D eigenvalue weighted by molar-refractivity contribution is 7.97. The van der Waals surface area contributed by atoms with E-state index in [1.165, 1.54) is 28.8 Å². The summed E-state index contributed by atoms with van der Waals surface area (Å²) < 4.78 is 33.1. The standard InChI is InChI=1S/C29H29F2NO2S/c1-19-3-2-4-21(13-19)18-35-17-20-5-7-22(8-6-20)29(33)32-24-10-11-25(32)16-26(15-24)34-28-12-9-23(30)14-27(28)31/h2-9,12-14,24-26H,10-11,15-18H2,1H3. The molecule has 182 valence electrons. The summed E-state index contributed by atoms with van der Waals surface area (Å²) in [5, 5.41) is 0. The molecule has 2 saturated heterocycles. The zero-order chi connectivity index (χ0) is 24.4. The quantitative estimate of drug-likeness (QED) is 0.358. The summed E-state index contributed by atoms with van der Waals surface area (Å²) in [7, 11) is 0. The Morgan fingerprint density at radius 3 is 2.34 bits per heavy atom. The van der Waals surface area contributed by atoms with Crippen molar-refractivity contribution in [2.75, 3.05) is 0 Å². The van der Waals surface area contributed by atoms with Gasteiger partial charge in [0, 0.05) is 48.1 Å². The first-order valence-corrected chi connectivity index (χ1v) is 13.3. The molecule has 2 atom stereocenters. The van der Waals surface area contributed by atoms with Gasteiger partial charge < -0.3 is 9.64 Å². The highest BCUT2D eigenvalue weighted by Gasteiger charge is 2.44. The molecule has 0 aliphatic carbocycles. The number of halogens is 2. The molecule has 2 unspecified atom stereocenters. The van der Waals surface area contributed by atoms with E-state index in [9.17, 15) is 13.6 Å². The lowest BCUT2D eigenvalue weighted by atomic mass is 9.98. The molecule has 2 fully saturated rings. The van der Waals surface area contributed by atoms with E-state index in [2.05, 4.69) is 31.2 Å². The zero-order valence-electron chi connectivity index (χ0n) is 19.8. The first-order valence-electron chi connectivity index (χ1n) is 12.1. The third kappa shape index (κ3) is 5.53. The van der Waals surface area contributed by atoms with Crippen molar-refractivity contribution in [1.29, 1.82) is 0 Å². The van der Waals surface area contributed by atoms with Crippen molar-refractivity contribution >= 4 is 17.7 Å². The molecular weight excluding hydrogens is 464 g/mol. The molecule has 0 saturated carbocycles. The molecule has 6 heteroatoms. The molecule has 2 aliphatic rings. The summed E-state index contributed by atoms with van der Waals surface area (Å²) >= 11 is 1.87. The van der Waals surface area contributed by atoms with Crippen molar-refractivity contribution in [2.24, 2.45) is 0 Å². The maximum atomic E-state index is 14.0. The highest BCUT2D eigenvalue weighted by Crippen LogP contribution is 2.38. The van der Waals surface area contributed by atoms with Gasteiger partial charge in [-0.1, -0.05) is 42.0 Å². The minimum absolute atomic E-state index is 0.0582. The van der Waals surface area contributed by atoms with Crippen LogP contribution in [0, 0.1) is 18.6 Å². The number of benzene rings is 3. The molecular formula is C29H29F2NO2S. The van der Waals surface area contributed by atoms with Crippen LogP contribution in [-0.4, -0.2) is 29.0 Å². The van der Waals surface area contributed by atoms with Crippen LogP contribution in [0.25, 0.3) is 0 Å². The SMILES string of the molecule is Cc1cccc(CSCc2ccc(C(=O)N3C4CCC3CC(Oc3ccc(F)cc3F)C4)cc2)c1. The maximum absolute atomic E-state index is 14.0. The molecule has 3 aromatic carbocycles. The second kappa shape index (κ2) is 10.4. The van der Waals surface area contributed by atoms with E-state index >= 15 is 0 Å². The Bertz CT molecular complexity index is 1190. The highest BCUT2D eigenvalue weighted by atomic mass is 32.2. The number of piperidine rings is 1.